The van der Waals surface area contributed by atoms with E-state index in [1.165, 1.54) is 6.07 Å². The molecule has 4 rings (SSSR count). The second-order valence-corrected chi connectivity index (χ2v) is 9.04. The Hall–Kier alpha value is -3.49. The third kappa shape index (κ3) is 6.64. The lowest BCUT2D eigenvalue weighted by atomic mass is 10.1. The quantitative estimate of drug-likeness (QED) is 0.172. The maximum atomic E-state index is 13.4. The minimum atomic E-state index is -4.48. The fourth-order valence-corrected chi connectivity index (χ4v) is 4.15. The van der Waals surface area contributed by atoms with Gasteiger partial charge in [0.1, 0.15) is 12.4 Å². The number of aromatic nitrogens is 1. The Morgan fingerprint density at radius 2 is 1.81 bits per heavy atom. The minimum absolute atomic E-state index is 0.101. The predicted molar refractivity (Wildman–Crippen MR) is 139 cm³/mol. The zero-order chi connectivity index (χ0) is 26.4. The van der Waals surface area contributed by atoms with E-state index in [2.05, 4.69) is 17.8 Å². The molecule has 194 valence electrons. The molecule has 1 aromatic heterocycles. The van der Waals surface area contributed by atoms with Crippen LogP contribution < -0.4 is 15.6 Å². The van der Waals surface area contributed by atoms with Gasteiger partial charge >= 0.3 is 6.18 Å². The summed E-state index contributed by atoms with van der Waals surface area (Å²) in [6.07, 6.45) is -2.54. The van der Waals surface area contributed by atoms with E-state index in [1.54, 1.807) is 18.2 Å². The van der Waals surface area contributed by atoms with Gasteiger partial charge in [-0.25, -0.2) is 5.43 Å². The van der Waals surface area contributed by atoms with Gasteiger partial charge in [-0.05, 0) is 66.6 Å². The predicted octanol–water partition coefficient (Wildman–Crippen LogP) is 6.98. The summed E-state index contributed by atoms with van der Waals surface area (Å²) in [4.78, 5) is 12.6. The summed E-state index contributed by atoms with van der Waals surface area (Å²) in [6, 6.07) is 19.6. The molecule has 0 saturated carbocycles. The highest BCUT2D eigenvalue weighted by Crippen LogP contribution is 2.33. The van der Waals surface area contributed by atoms with Crippen molar-refractivity contribution in [2.45, 2.75) is 39.1 Å². The molecule has 0 saturated heterocycles. The molecule has 1 heterocycles. The fourth-order valence-electron chi connectivity index (χ4n) is 3.97. The van der Waals surface area contributed by atoms with Crippen molar-refractivity contribution in [1.29, 1.82) is 0 Å². The number of nitrogens with one attached hydrogen (secondary N) is 2. The van der Waals surface area contributed by atoms with E-state index in [-0.39, 0.29) is 24.1 Å². The summed E-state index contributed by atoms with van der Waals surface area (Å²) < 4.78 is 47.9. The van der Waals surface area contributed by atoms with Gasteiger partial charge < -0.3 is 9.30 Å². The van der Waals surface area contributed by atoms with Crippen molar-refractivity contribution < 1.29 is 22.7 Å². The largest absolute Gasteiger partial charge is 0.487 e. The molecule has 5 nitrogen and oxygen atoms in total. The SMILES string of the molecule is CCCCNNC(=O)c1ccc2c(c1)cc(COc1ccccc1)n2Cc1cc(C(F)(F)F)ccc1Cl. The molecule has 0 aliphatic heterocycles. The van der Waals surface area contributed by atoms with Gasteiger partial charge in [-0.2, -0.15) is 13.2 Å². The topological polar surface area (TPSA) is 55.3 Å². The molecule has 1 amide bonds. The highest BCUT2D eigenvalue weighted by molar-refractivity contribution is 6.31. The molecule has 3 aromatic carbocycles. The van der Waals surface area contributed by atoms with Gasteiger partial charge in [0, 0.05) is 34.6 Å². The molecule has 0 bridgehead atoms. The molecular formula is C28H27ClF3N3O2. The number of nitrogens with zero attached hydrogens (tertiary/aromatic N) is 1. The van der Waals surface area contributed by atoms with Crippen LogP contribution in [0.15, 0.2) is 72.8 Å². The third-order valence-electron chi connectivity index (χ3n) is 5.94. The van der Waals surface area contributed by atoms with Crippen molar-refractivity contribution >= 4 is 28.4 Å². The molecule has 37 heavy (non-hydrogen) atoms. The van der Waals surface area contributed by atoms with E-state index < -0.39 is 11.7 Å². The minimum Gasteiger partial charge on any atom is -0.487 e. The van der Waals surface area contributed by atoms with Crippen molar-refractivity contribution in [3.63, 3.8) is 0 Å². The van der Waals surface area contributed by atoms with E-state index in [0.717, 1.165) is 41.6 Å². The van der Waals surface area contributed by atoms with Crippen LogP contribution >= 0.6 is 11.6 Å². The van der Waals surface area contributed by atoms with Crippen molar-refractivity contribution in [3.8, 4) is 5.75 Å². The van der Waals surface area contributed by atoms with Gasteiger partial charge in [0.05, 0.1) is 11.3 Å². The number of fused-ring (bicyclic) bond motifs is 1. The average molecular weight is 530 g/mol. The van der Waals surface area contributed by atoms with Crippen molar-refractivity contribution in [3.05, 3.63) is 100 Å². The Bertz CT molecular complexity index is 1370. The Morgan fingerprint density at radius 1 is 1.03 bits per heavy atom. The van der Waals surface area contributed by atoms with E-state index in [9.17, 15) is 18.0 Å². The Labute approximate surface area is 218 Å². The van der Waals surface area contributed by atoms with Crippen LogP contribution in [0.3, 0.4) is 0 Å². The summed E-state index contributed by atoms with van der Waals surface area (Å²) >= 11 is 6.31. The van der Waals surface area contributed by atoms with Crippen LogP contribution in [0.4, 0.5) is 13.2 Å². The number of benzene rings is 3. The van der Waals surface area contributed by atoms with Gasteiger partial charge in [-0.3, -0.25) is 10.2 Å². The van der Waals surface area contributed by atoms with Crippen LogP contribution in [0.25, 0.3) is 10.9 Å². The second-order valence-electron chi connectivity index (χ2n) is 8.64. The van der Waals surface area contributed by atoms with E-state index in [4.69, 9.17) is 16.3 Å². The lowest BCUT2D eigenvalue weighted by Gasteiger charge is -2.15. The summed E-state index contributed by atoms with van der Waals surface area (Å²) in [7, 11) is 0. The van der Waals surface area contributed by atoms with Crippen molar-refractivity contribution in [2.75, 3.05) is 6.54 Å². The molecule has 0 radical (unpaired) electrons. The van der Waals surface area contributed by atoms with Crippen molar-refractivity contribution in [2.24, 2.45) is 0 Å². The van der Waals surface area contributed by atoms with E-state index in [0.29, 0.717) is 23.4 Å². The van der Waals surface area contributed by atoms with Gasteiger partial charge in [-0.1, -0.05) is 43.1 Å². The lowest BCUT2D eigenvalue weighted by molar-refractivity contribution is -0.137. The fraction of sp³-hybridized carbons (Fsp3) is 0.250. The first-order chi connectivity index (χ1) is 17.8. The number of rotatable bonds is 10. The summed E-state index contributed by atoms with van der Waals surface area (Å²) in [5.41, 5.74) is 7.10. The normalized spacial score (nSPS) is 11.6. The first-order valence-electron chi connectivity index (χ1n) is 11.9. The lowest BCUT2D eigenvalue weighted by Crippen LogP contribution is -2.37. The number of halogens is 4. The summed E-state index contributed by atoms with van der Waals surface area (Å²) in [5, 5.41) is 0.995. The number of para-hydroxylation sites is 1. The smallest absolute Gasteiger partial charge is 0.416 e. The summed E-state index contributed by atoms with van der Waals surface area (Å²) in [6.45, 7) is 3.01. The highest BCUT2D eigenvalue weighted by Gasteiger charge is 2.31. The van der Waals surface area contributed by atoms with Crippen LogP contribution in [0.2, 0.25) is 5.02 Å². The van der Waals surface area contributed by atoms with E-state index >= 15 is 0 Å². The number of carbonyl (C=O) groups is 1. The molecule has 0 spiro atoms. The van der Waals surface area contributed by atoms with Crippen LogP contribution in [-0.2, 0) is 19.3 Å². The molecular weight excluding hydrogens is 503 g/mol. The second kappa shape index (κ2) is 11.7. The Kier molecular flexibility index (Phi) is 8.41. The molecule has 0 unspecified atom stereocenters. The van der Waals surface area contributed by atoms with E-state index in [1.807, 2.05) is 41.0 Å². The molecule has 2 N–H and O–H groups in total. The molecule has 0 aliphatic rings. The highest BCUT2D eigenvalue weighted by atomic mass is 35.5. The number of hydrogen-bond donors (Lipinski definition) is 2. The van der Waals surface area contributed by atoms with Gasteiger partial charge in [0.2, 0.25) is 0 Å². The Morgan fingerprint density at radius 3 is 2.54 bits per heavy atom. The monoisotopic (exact) mass is 529 g/mol. The van der Waals surface area contributed by atoms with Gasteiger partial charge in [0.15, 0.2) is 0 Å². The van der Waals surface area contributed by atoms with Crippen LogP contribution in [0, 0.1) is 0 Å². The number of unbranched alkanes of at least 4 members (excludes halogenated alkanes) is 1. The zero-order valence-corrected chi connectivity index (χ0v) is 21.0. The first kappa shape index (κ1) is 26.6. The molecule has 0 fully saturated rings. The number of amides is 1. The maximum Gasteiger partial charge on any atom is 0.416 e. The third-order valence-corrected chi connectivity index (χ3v) is 6.31. The average Bonchev–Trinajstić information content (AvgIpc) is 3.22. The molecule has 0 aliphatic carbocycles. The van der Waals surface area contributed by atoms with Gasteiger partial charge in [-0.15, -0.1) is 0 Å². The van der Waals surface area contributed by atoms with Crippen LogP contribution in [-0.4, -0.2) is 17.0 Å². The van der Waals surface area contributed by atoms with Crippen LogP contribution in [0.1, 0.15) is 46.9 Å². The number of ether oxygens (including phenoxy) is 1. The Balaban J connectivity index is 1.68. The van der Waals surface area contributed by atoms with Crippen molar-refractivity contribution in [1.82, 2.24) is 15.4 Å². The maximum absolute atomic E-state index is 13.4. The number of hydrogen-bond acceptors (Lipinski definition) is 3. The molecule has 4 aromatic rings. The first-order valence-corrected chi connectivity index (χ1v) is 12.3. The number of hydrazine groups is 1. The van der Waals surface area contributed by atoms with Gasteiger partial charge in [0.25, 0.3) is 5.91 Å². The number of carbonyl (C=O) groups excluding carboxylic acids is 1. The summed E-state index contributed by atoms with van der Waals surface area (Å²) in [5.74, 6) is 0.392. The molecule has 0 atom stereocenters. The van der Waals surface area contributed by atoms with Crippen LogP contribution in [0.5, 0.6) is 5.75 Å². The zero-order valence-electron chi connectivity index (χ0n) is 20.2. The molecule has 9 heteroatoms. The standard InChI is InChI=1S/C28H27ClF3N3O2/c1-2-3-13-33-34-27(36)19-9-12-26-20(14-19)16-23(18-37-24-7-5-4-6-8-24)35(26)17-21-15-22(28(30,31)32)10-11-25(21)29/h4-12,14-16,33H,2-3,13,17-18H2,1H3,(H,34,36). The number of alkyl halides is 3.